The molecule has 1 atom stereocenters. The molecule has 2 aromatic rings. The average molecular weight is 399 g/mol. The van der Waals surface area contributed by atoms with Gasteiger partial charge in [-0.25, -0.2) is 0 Å². The van der Waals surface area contributed by atoms with Crippen molar-refractivity contribution in [2.75, 3.05) is 30.9 Å². The van der Waals surface area contributed by atoms with Crippen LogP contribution in [0, 0.1) is 0 Å². The van der Waals surface area contributed by atoms with Crippen LogP contribution < -0.4 is 4.72 Å². The molecule has 1 saturated heterocycles. The van der Waals surface area contributed by atoms with Gasteiger partial charge in [0.2, 0.25) is 0 Å². The van der Waals surface area contributed by atoms with E-state index in [0.29, 0.717) is 24.3 Å². The maximum atomic E-state index is 12.8. The summed E-state index contributed by atoms with van der Waals surface area (Å²) < 4.78 is 23.7. The first-order chi connectivity index (χ1) is 13.6. The van der Waals surface area contributed by atoms with Gasteiger partial charge in [0.25, 0.3) is 5.91 Å². The third-order valence-corrected chi connectivity index (χ3v) is 6.40. The van der Waals surface area contributed by atoms with E-state index < -0.39 is 11.3 Å². The van der Waals surface area contributed by atoms with Crippen LogP contribution in [0.2, 0.25) is 0 Å². The fourth-order valence-electron chi connectivity index (χ4n) is 4.34. The summed E-state index contributed by atoms with van der Waals surface area (Å²) >= 11 is -2.36. The molecule has 7 heteroatoms. The molecule has 4 rings (SSSR count). The Kier molecular flexibility index (Phi) is 5.48. The van der Waals surface area contributed by atoms with Gasteiger partial charge >= 0.3 is 0 Å². The van der Waals surface area contributed by atoms with Crippen LogP contribution in [-0.4, -0.2) is 50.6 Å². The van der Waals surface area contributed by atoms with Gasteiger partial charge in [0.1, 0.15) is 0 Å². The fourth-order valence-corrected chi connectivity index (χ4v) is 4.67. The van der Waals surface area contributed by atoms with Gasteiger partial charge < -0.3 is 14.2 Å². The molecule has 2 fully saturated rings. The molecule has 1 aliphatic carbocycles. The van der Waals surface area contributed by atoms with Crippen LogP contribution in [0.3, 0.4) is 0 Å². The zero-order valence-corrected chi connectivity index (χ0v) is 16.5. The molecular formula is C21H24N3O3S-. The SMILES string of the molecule is O=C(c1ccc(NS(=O)[O-])cc1)N1CCN(C2(c3ccccc3)CCC2)CC1. The number of hydrogen-bond donors (Lipinski definition) is 1. The van der Waals surface area contributed by atoms with Crippen LogP contribution in [0.1, 0.15) is 35.2 Å². The molecule has 1 amide bonds. The van der Waals surface area contributed by atoms with Gasteiger partial charge in [0, 0.05) is 54.2 Å². The summed E-state index contributed by atoms with van der Waals surface area (Å²) in [6.45, 7) is 3.15. The van der Waals surface area contributed by atoms with Crippen molar-refractivity contribution in [2.45, 2.75) is 24.8 Å². The first-order valence-electron chi connectivity index (χ1n) is 9.64. The van der Waals surface area contributed by atoms with Crippen molar-refractivity contribution >= 4 is 22.9 Å². The number of anilines is 1. The van der Waals surface area contributed by atoms with Crippen molar-refractivity contribution in [3.8, 4) is 0 Å². The van der Waals surface area contributed by atoms with Crippen LogP contribution in [0.25, 0.3) is 0 Å². The second-order valence-corrected chi connectivity index (χ2v) is 8.12. The maximum absolute atomic E-state index is 12.8. The largest absolute Gasteiger partial charge is 0.755 e. The summed E-state index contributed by atoms with van der Waals surface area (Å²) in [5, 5.41) is 0. The van der Waals surface area contributed by atoms with Crippen LogP contribution in [-0.2, 0) is 16.8 Å². The summed E-state index contributed by atoms with van der Waals surface area (Å²) in [7, 11) is 0. The summed E-state index contributed by atoms with van der Waals surface area (Å²) in [6, 6.07) is 17.3. The summed E-state index contributed by atoms with van der Waals surface area (Å²) in [5.74, 6) is -0.00295. The van der Waals surface area contributed by atoms with Crippen LogP contribution in [0.15, 0.2) is 54.6 Å². The van der Waals surface area contributed by atoms with Crippen molar-refractivity contribution in [3.05, 3.63) is 65.7 Å². The highest BCUT2D eigenvalue weighted by molar-refractivity contribution is 7.80. The zero-order valence-electron chi connectivity index (χ0n) is 15.7. The molecule has 2 aliphatic rings. The van der Waals surface area contributed by atoms with Crippen molar-refractivity contribution in [2.24, 2.45) is 0 Å². The Morgan fingerprint density at radius 3 is 2.14 bits per heavy atom. The third kappa shape index (κ3) is 3.70. The van der Waals surface area contributed by atoms with Gasteiger partial charge in [-0.05, 0) is 49.1 Å². The molecule has 1 saturated carbocycles. The van der Waals surface area contributed by atoms with Crippen molar-refractivity contribution in [1.82, 2.24) is 9.80 Å². The van der Waals surface area contributed by atoms with Crippen molar-refractivity contribution in [3.63, 3.8) is 0 Å². The van der Waals surface area contributed by atoms with E-state index >= 15 is 0 Å². The second kappa shape index (κ2) is 8.03. The average Bonchev–Trinajstić information content (AvgIpc) is 2.68. The molecule has 0 spiro atoms. The van der Waals surface area contributed by atoms with Gasteiger partial charge in [-0.15, -0.1) is 0 Å². The molecule has 1 N–H and O–H groups in total. The Balaban J connectivity index is 1.40. The molecule has 1 heterocycles. The predicted molar refractivity (Wildman–Crippen MR) is 108 cm³/mol. The minimum atomic E-state index is -2.36. The lowest BCUT2D eigenvalue weighted by molar-refractivity contribution is -0.0192. The van der Waals surface area contributed by atoms with E-state index in [9.17, 15) is 13.6 Å². The maximum Gasteiger partial charge on any atom is 0.253 e. The Bertz CT molecular complexity index is 845. The van der Waals surface area contributed by atoms with E-state index in [1.807, 2.05) is 4.90 Å². The zero-order chi connectivity index (χ0) is 19.6. The van der Waals surface area contributed by atoms with Crippen LogP contribution in [0.4, 0.5) is 5.69 Å². The third-order valence-electron chi connectivity index (χ3n) is 6.00. The van der Waals surface area contributed by atoms with Crippen LogP contribution in [0.5, 0.6) is 0 Å². The number of piperazine rings is 1. The molecule has 0 aromatic heterocycles. The number of nitrogens with one attached hydrogen (secondary N) is 1. The van der Waals surface area contributed by atoms with Crippen molar-refractivity contribution in [1.29, 1.82) is 0 Å². The van der Waals surface area contributed by atoms with Gasteiger partial charge in [0.05, 0.1) is 0 Å². The summed E-state index contributed by atoms with van der Waals surface area (Å²) in [4.78, 5) is 17.2. The van der Waals surface area contributed by atoms with Crippen LogP contribution >= 0.6 is 0 Å². The molecule has 28 heavy (non-hydrogen) atoms. The molecule has 2 aromatic carbocycles. The van der Waals surface area contributed by atoms with E-state index in [0.717, 1.165) is 13.1 Å². The number of benzene rings is 2. The van der Waals surface area contributed by atoms with E-state index in [2.05, 4.69) is 40.0 Å². The summed E-state index contributed by atoms with van der Waals surface area (Å²) in [5.41, 5.74) is 2.55. The first kappa shape index (κ1) is 19.1. The van der Waals surface area contributed by atoms with Gasteiger partial charge in [-0.2, -0.15) is 0 Å². The van der Waals surface area contributed by atoms with E-state index in [-0.39, 0.29) is 11.4 Å². The lowest BCUT2D eigenvalue weighted by atomic mass is 9.70. The fraction of sp³-hybridized carbons (Fsp3) is 0.381. The normalized spacial score (nSPS) is 20.2. The highest BCUT2D eigenvalue weighted by Crippen LogP contribution is 2.46. The molecule has 0 bridgehead atoms. The Hall–Kier alpha value is -2.22. The standard InChI is InChI=1S/C21H25N3O3S/c25-20(17-7-9-19(10-8-17)22-28(26)27)23-13-15-24(16-14-23)21(11-4-12-21)18-5-2-1-3-6-18/h1-3,5-10,22H,4,11-16H2,(H,26,27)/p-1. The number of hydrogen-bond acceptors (Lipinski definition) is 4. The van der Waals surface area contributed by atoms with Gasteiger partial charge in [-0.3, -0.25) is 13.9 Å². The van der Waals surface area contributed by atoms with Gasteiger partial charge in [-0.1, -0.05) is 30.3 Å². The topological polar surface area (TPSA) is 75.7 Å². The number of carbonyl (C=O) groups excluding carboxylic acids is 1. The van der Waals surface area contributed by atoms with Crippen molar-refractivity contribution < 1.29 is 13.6 Å². The number of amides is 1. The first-order valence-corrected chi connectivity index (χ1v) is 10.7. The highest BCUT2D eigenvalue weighted by Gasteiger charge is 2.44. The molecular weight excluding hydrogens is 374 g/mol. The smallest absolute Gasteiger partial charge is 0.253 e. The van der Waals surface area contributed by atoms with E-state index in [1.165, 1.54) is 24.8 Å². The van der Waals surface area contributed by atoms with E-state index in [4.69, 9.17) is 0 Å². The Morgan fingerprint density at radius 2 is 1.61 bits per heavy atom. The number of carbonyl (C=O) groups is 1. The lowest BCUT2D eigenvalue weighted by Gasteiger charge is -2.53. The van der Waals surface area contributed by atoms with E-state index in [1.54, 1.807) is 24.3 Å². The van der Waals surface area contributed by atoms with Gasteiger partial charge in [0.15, 0.2) is 0 Å². The Labute approximate surface area is 168 Å². The minimum absolute atomic E-state index is 0.00295. The number of rotatable bonds is 5. The number of nitrogens with zero attached hydrogens (tertiary/aromatic N) is 2. The molecule has 1 unspecified atom stereocenters. The second-order valence-electron chi connectivity index (χ2n) is 7.44. The summed E-state index contributed by atoms with van der Waals surface area (Å²) in [6.07, 6.45) is 3.61. The molecule has 6 nitrogen and oxygen atoms in total. The molecule has 148 valence electrons. The molecule has 0 radical (unpaired) electrons. The highest BCUT2D eigenvalue weighted by atomic mass is 32.2. The minimum Gasteiger partial charge on any atom is -0.755 e. The lowest BCUT2D eigenvalue weighted by Crippen LogP contribution is -2.59. The Morgan fingerprint density at radius 1 is 0.964 bits per heavy atom. The molecule has 1 aliphatic heterocycles. The monoisotopic (exact) mass is 398 g/mol. The predicted octanol–water partition coefficient (Wildman–Crippen LogP) is 2.73. The quantitative estimate of drug-likeness (QED) is 0.786.